The number of fused-ring (bicyclic) bond motifs is 1. The van der Waals surface area contributed by atoms with Crippen LogP contribution in [0.2, 0.25) is 0 Å². The standard InChI is InChI=1S/C27H28F3N5O2/c1-18-7-9-23(21-5-2-4-20(18)21)37-26-22(6-3-11-31-26)33-25(36)17-34-12-14-35(15-13-34)24-10-8-19(16-32-24)27(28,29)30/h3,6-11,16H,2,4-5,12-15,17H2,1H3,(H,33,36). The molecule has 0 spiro atoms. The van der Waals surface area contributed by atoms with Crippen molar-refractivity contribution in [3.05, 3.63) is 71.0 Å². The molecule has 2 aliphatic rings. The first-order valence-electron chi connectivity index (χ1n) is 12.3. The summed E-state index contributed by atoms with van der Waals surface area (Å²) in [7, 11) is 0. The van der Waals surface area contributed by atoms with Crippen molar-refractivity contribution in [1.29, 1.82) is 0 Å². The number of nitrogens with zero attached hydrogens (tertiary/aromatic N) is 4. The quantitative estimate of drug-likeness (QED) is 0.511. The van der Waals surface area contributed by atoms with Crippen LogP contribution in [0.15, 0.2) is 48.8 Å². The van der Waals surface area contributed by atoms with Gasteiger partial charge in [-0.25, -0.2) is 9.97 Å². The molecule has 3 aromatic rings. The molecule has 3 heterocycles. The molecule has 1 N–H and O–H groups in total. The molecular formula is C27H28F3N5O2. The molecule has 10 heteroatoms. The number of anilines is 2. The predicted molar refractivity (Wildman–Crippen MR) is 134 cm³/mol. The van der Waals surface area contributed by atoms with E-state index >= 15 is 0 Å². The van der Waals surface area contributed by atoms with Gasteiger partial charge >= 0.3 is 6.18 Å². The number of benzene rings is 1. The average Bonchev–Trinajstić information content (AvgIpc) is 3.38. The predicted octanol–water partition coefficient (Wildman–Crippen LogP) is 4.85. The van der Waals surface area contributed by atoms with Gasteiger partial charge in [0.1, 0.15) is 17.3 Å². The van der Waals surface area contributed by atoms with Gasteiger partial charge in [-0.15, -0.1) is 0 Å². The van der Waals surface area contributed by atoms with Crippen LogP contribution in [-0.4, -0.2) is 53.5 Å². The van der Waals surface area contributed by atoms with Gasteiger partial charge in [0.25, 0.3) is 0 Å². The molecule has 0 radical (unpaired) electrons. The SMILES string of the molecule is Cc1ccc(Oc2ncccc2NC(=O)CN2CCN(c3ccc(C(F)(F)F)cn3)CC2)c2c1CCC2. The summed E-state index contributed by atoms with van der Waals surface area (Å²) < 4.78 is 44.5. The fourth-order valence-electron chi connectivity index (χ4n) is 4.89. The van der Waals surface area contributed by atoms with Crippen LogP contribution in [0, 0.1) is 6.92 Å². The van der Waals surface area contributed by atoms with Crippen LogP contribution < -0.4 is 15.0 Å². The molecule has 0 unspecified atom stereocenters. The van der Waals surface area contributed by atoms with Crippen molar-refractivity contribution in [3.8, 4) is 11.6 Å². The highest BCUT2D eigenvalue weighted by molar-refractivity contribution is 5.93. The van der Waals surface area contributed by atoms with Crippen molar-refractivity contribution in [1.82, 2.24) is 14.9 Å². The van der Waals surface area contributed by atoms with Crippen LogP contribution in [0.5, 0.6) is 11.6 Å². The van der Waals surface area contributed by atoms with Crippen molar-refractivity contribution in [3.63, 3.8) is 0 Å². The van der Waals surface area contributed by atoms with E-state index in [-0.39, 0.29) is 12.5 Å². The Morgan fingerprint density at radius 1 is 1.03 bits per heavy atom. The van der Waals surface area contributed by atoms with Crippen LogP contribution in [-0.2, 0) is 23.8 Å². The normalized spacial score (nSPS) is 15.9. The van der Waals surface area contributed by atoms with Crippen molar-refractivity contribution < 1.29 is 22.7 Å². The lowest BCUT2D eigenvalue weighted by atomic mass is 10.0. The maximum atomic E-state index is 12.8. The Kier molecular flexibility index (Phi) is 7.01. The van der Waals surface area contributed by atoms with Gasteiger partial charge in [0.15, 0.2) is 0 Å². The Bertz CT molecular complexity index is 1270. The van der Waals surface area contributed by atoms with Crippen molar-refractivity contribution in [2.75, 3.05) is 42.9 Å². The number of hydrogen-bond donors (Lipinski definition) is 1. The van der Waals surface area contributed by atoms with Gasteiger partial charge < -0.3 is 15.0 Å². The molecule has 1 aliphatic carbocycles. The summed E-state index contributed by atoms with van der Waals surface area (Å²) in [4.78, 5) is 25.1. The molecule has 0 atom stereocenters. The van der Waals surface area contributed by atoms with E-state index in [9.17, 15) is 18.0 Å². The third-order valence-corrected chi connectivity index (χ3v) is 6.87. The number of ether oxygens (including phenoxy) is 1. The smallest absolute Gasteiger partial charge is 0.417 e. The van der Waals surface area contributed by atoms with Gasteiger partial charge in [-0.2, -0.15) is 13.2 Å². The number of carbonyl (C=O) groups excluding carboxylic acids is 1. The number of nitrogens with one attached hydrogen (secondary N) is 1. The molecule has 0 saturated carbocycles. The Morgan fingerprint density at radius 3 is 2.54 bits per heavy atom. The fourth-order valence-corrected chi connectivity index (χ4v) is 4.89. The molecule has 2 aromatic heterocycles. The Balaban J connectivity index is 1.17. The molecule has 1 saturated heterocycles. The number of piperazine rings is 1. The second-order valence-electron chi connectivity index (χ2n) is 9.36. The van der Waals surface area contributed by atoms with Gasteiger partial charge in [0, 0.05) is 38.6 Å². The van der Waals surface area contributed by atoms with E-state index in [1.54, 1.807) is 18.3 Å². The fraction of sp³-hybridized carbons (Fsp3) is 0.370. The third kappa shape index (κ3) is 5.69. The number of rotatable bonds is 6. The molecule has 1 amide bonds. The number of pyridine rings is 2. The minimum atomic E-state index is -4.41. The summed E-state index contributed by atoms with van der Waals surface area (Å²) >= 11 is 0. The van der Waals surface area contributed by atoms with Crippen LogP contribution in [0.1, 0.15) is 28.7 Å². The van der Waals surface area contributed by atoms with Gasteiger partial charge in [0.05, 0.1) is 12.1 Å². The topological polar surface area (TPSA) is 70.6 Å². The summed E-state index contributed by atoms with van der Waals surface area (Å²) in [5.41, 5.74) is 3.56. The maximum Gasteiger partial charge on any atom is 0.417 e. The van der Waals surface area contributed by atoms with E-state index < -0.39 is 11.7 Å². The summed E-state index contributed by atoms with van der Waals surface area (Å²) in [5.74, 6) is 1.44. The van der Waals surface area contributed by atoms with E-state index in [1.807, 2.05) is 15.9 Å². The molecule has 1 aromatic carbocycles. The molecule has 7 nitrogen and oxygen atoms in total. The van der Waals surface area contributed by atoms with Crippen LogP contribution in [0.3, 0.4) is 0 Å². The van der Waals surface area contributed by atoms with Gasteiger partial charge in [-0.05, 0) is 73.2 Å². The Labute approximate surface area is 213 Å². The second-order valence-corrected chi connectivity index (χ2v) is 9.36. The summed E-state index contributed by atoms with van der Waals surface area (Å²) in [5, 5.41) is 2.92. The minimum absolute atomic E-state index is 0.183. The Hall–Kier alpha value is -3.66. The molecule has 1 aliphatic heterocycles. The Morgan fingerprint density at radius 2 is 1.81 bits per heavy atom. The lowest BCUT2D eigenvalue weighted by Crippen LogP contribution is -2.49. The molecule has 5 rings (SSSR count). The highest BCUT2D eigenvalue weighted by Crippen LogP contribution is 2.36. The van der Waals surface area contributed by atoms with Crippen LogP contribution >= 0.6 is 0 Å². The van der Waals surface area contributed by atoms with Crippen molar-refractivity contribution in [2.45, 2.75) is 32.4 Å². The number of aryl methyl sites for hydroxylation is 1. The lowest BCUT2D eigenvalue weighted by molar-refractivity contribution is -0.137. The average molecular weight is 512 g/mol. The molecule has 0 bridgehead atoms. The van der Waals surface area contributed by atoms with Crippen molar-refractivity contribution >= 4 is 17.4 Å². The number of halogens is 3. The van der Waals surface area contributed by atoms with Crippen LogP contribution in [0.4, 0.5) is 24.7 Å². The molecule has 1 fully saturated rings. The number of amides is 1. The van der Waals surface area contributed by atoms with E-state index in [4.69, 9.17) is 4.74 Å². The zero-order valence-electron chi connectivity index (χ0n) is 20.5. The summed E-state index contributed by atoms with van der Waals surface area (Å²) in [6.07, 6.45) is 1.20. The van der Waals surface area contributed by atoms with E-state index in [0.29, 0.717) is 43.6 Å². The molecule has 194 valence electrons. The zero-order valence-corrected chi connectivity index (χ0v) is 20.5. The van der Waals surface area contributed by atoms with Gasteiger partial charge in [0.2, 0.25) is 11.8 Å². The number of aromatic nitrogens is 2. The van der Waals surface area contributed by atoms with E-state index in [0.717, 1.165) is 37.3 Å². The largest absolute Gasteiger partial charge is 0.437 e. The highest BCUT2D eigenvalue weighted by atomic mass is 19.4. The number of carbonyl (C=O) groups is 1. The monoisotopic (exact) mass is 511 g/mol. The molecule has 37 heavy (non-hydrogen) atoms. The number of hydrogen-bond acceptors (Lipinski definition) is 6. The maximum absolute atomic E-state index is 12.8. The van der Waals surface area contributed by atoms with Crippen molar-refractivity contribution in [2.24, 2.45) is 0 Å². The first kappa shape index (κ1) is 25.0. The summed E-state index contributed by atoms with van der Waals surface area (Å²) in [6, 6.07) is 9.96. The third-order valence-electron chi connectivity index (χ3n) is 6.87. The number of alkyl halides is 3. The zero-order chi connectivity index (χ0) is 26.0. The van der Waals surface area contributed by atoms with E-state index in [2.05, 4.69) is 28.3 Å². The van der Waals surface area contributed by atoms with Gasteiger partial charge in [-0.3, -0.25) is 9.69 Å². The first-order valence-corrected chi connectivity index (χ1v) is 12.3. The van der Waals surface area contributed by atoms with E-state index in [1.165, 1.54) is 22.8 Å². The lowest BCUT2D eigenvalue weighted by Gasteiger charge is -2.35. The minimum Gasteiger partial charge on any atom is -0.437 e. The highest BCUT2D eigenvalue weighted by Gasteiger charge is 2.31. The van der Waals surface area contributed by atoms with Crippen LogP contribution in [0.25, 0.3) is 0 Å². The summed E-state index contributed by atoms with van der Waals surface area (Å²) in [6.45, 7) is 4.59. The second kappa shape index (κ2) is 10.4. The molecular weight excluding hydrogens is 483 g/mol. The first-order chi connectivity index (χ1) is 17.8. The van der Waals surface area contributed by atoms with Gasteiger partial charge in [-0.1, -0.05) is 6.07 Å².